The second kappa shape index (κ2) is 5.08. The lowest BCUT2D eigenvalue weighted by Crippen LogP contribution is -2.20. The summed E-state index contributed by atoms with van der Waals surface area (Å²) in [6.07, 6.45) is 0. The highest BCUT2D eigenvalue weighted by Crippen LogP contribution is 2.22. The largest absolute Gasteiger partial charge is 0.397 e. The van der Waals surface area contributed by atoms with Crippen molar-refractivity contribution in [3.63, 3.8) is 0 Å². The number of amides is 1. The van der Waals surface area contributed by atoms with Crippen LogP contribution in [0.3, 0.4) is 0 Å². The Bertz CT molecular complexity index is 408. The Morgan fingerprint density at radius 3 is 2.47 bits per heavy atom. The van der Waals surface area contributed by atoms with Crippen LogP contribution in [0.25, 0.3) is 0 Å². The maximum atomic E-state index is 11.4. The molecule has 0 aliphatic heterocycles. The van der Waals surface area contributed by atoms with Crippen molar-refractivity contribution in [2.45, 2.75) is 20.8 Å². The highest BCUT2D eigenvalue weighted by molar-refractivity contribution is 5.95. The summed E-state index contributed by atoms with van der Waals surface area (Å²) in [4.78, 5) is 11.4. The van der Waals surface area contributed by atoms with E-state index in [1.54, 1.807) is 19.2 Å². The van der Waals surface area contributed by atoms with E-state index in [1.807, 2.05) is 6.07 Å². The molecule has 1 rings (SSSR count). The third-order valence-electron chi connectivity index (χ3n) is 2.35. The van der Waals surface area contributed by atoms with Gasteiger partial charge in [0.05, 0.1) is 11.4 Å². The third-order valence-corrected chi connectivity index (χ3v) is 2.35. The molecule has 0 unspecified atom stereocenters. The molecule has 0 aliphatic carbocycles. The zero-order chi connectivity index (χ0) is 13.1. The normalized spacial score (nSPS) is 11.1. The van der Waals surface area contributed by atoms with E-state index in [9.17, 15) is 4.79 Å². The van der Waals surface area contributed by atoms with E-state index in [1.165, 1.54) is 0 Å². The van der Waals surface area contributed by atoms with Crippen molar-refractivity contribution in [2.75, 3.05) is 24.6 Å². The number of carbonyl (C=O) groups is 1. The second-order valence-electron chi connectivity index (χ2n) is 5.30. The van der Waals surface area contributed by atoms with Crippen LogP contribution in [0, 0.1) is 5.41 Å². The fraction of sp³-hybridized carbons (Fsp3) is 0.462. The SMILES string of the molecule is CNC(=O)c1ccc(NCC(C)(C)C)c(N)c1. The van der Waals surface area contributed by atoms with Crippen LogP contribution in [0.15, 0.2) is 18.2 Å². The Balaban J connectivity index is 2.80. The van der Waals surface area contributed by atoms with Gasteiger partial charge in [0.25, 0.3) is 5.91 Å². The number of benzene rings is 1. The summed E-state index contributed by atoms with van der Waals surface area (Å²) >= 11 is 0. The first-order valence-electron chi connectivity index (χ1n) is 5.69. The molecule has 0 aliphatic rings. The smallest absolute Gasteiger partial charge is 0.251 e. The lowest BCUT2D eigenvalue weighted by Gasteiger charge is -2.20. The summed E-state index contributed by atoms with van der Waals surface area (Å²) in [6.45, 7) is 7.27. The van der Waals surface area contributed by atoms with Gasteiger partial charge in [-0.25, -0.2) is 0 Å². The number of anilines is 2. The molecule has 17 heavy (non-hydrogen) atoms. The summed E-state index contributed by atoms with van der Waals surface area (Å²) in [5.41, 5.74) is 8.12. The van der Waals surface area contributed by atoms with Gasteiger partial charge in [0.1, 0.15) is 0 Å². The van der Waals surface area contributed by atoms with E-state index in [2.05, 4.69) is 31.4 Å². The van der Waals surface area contributed by atoms with Gasteiger partial charge in [-0.1, -0.05) is 20.8 Å². The van der Waals surface area contributed by atoms with Crippen LogP contribution in [0.1, 0.15) is 31.1 Å². The van der Waals surface area contributed by atoms with Crippen molar-refractivity contribution in [1.82, 2.24) is 5.32 Å². The monoisotopic (exact) mass is 235 g/mol. The molecule has 0 heterocycles. The van der Waals surface area contributed by atoms with Crippen molar-refractivity contribution in [1.29, 1.82) is 0 Å². The molecular formula is C13H21N3O. The van der Waals surface area contributed by atoms with Crippen LogP contribution < -0.4 is 16.4 Å². The van der Waals surface area contributed by atoms with E-state index in [0.29, 0.717) is 11.3 Å². The summed E-state index contributed by atoms with van der Waals surface area (Å²) in [5.74, 6) is -0.126. The summed E-state index contributed by atoms with van der Waals surface area (Å²) in [7, 11) is 1.60. The highest BCUT2D eigenvalue weighted by atomic mass is 16.1. The van der Waals surface area contributed by atoms with E-state index in [-0.39, 0.29) is 11.3 Å². The minimum atomic E-state index is -0.126. The summed E-state index contributed by atoms with van der Waals surface area (Å²) in [5, 5.41) is 5.85. The average Bonchev–Trinajstić information content (AvgIpc) is 2.25. The van der Waals surface area contributed by atoms with Crippen molar-refractivity contribution in [2.24, 2.45) is 5.41 Å². The van der Waals surface area contributed by atoms with Crippen LogP contribution in [0.5, 0.6) is 0 Å². The van der Waals surface area contributed by atoms with Gasteiger partial charge in [-0.05, 0) is 23.6 Å². The number of hydrogen-bond acceptors (Lipinski definition) is 3. The van der Waals surface area contributed by atoms with Crippen molar-refractivity contribution in [3.05, 3.63) is 23.8 Å². The second-order valence-corrected chi connectivity index (χ2v) is 5.30. The van der Waals surface area contributed by atoms with Gasteiger partial charge in [-0.2, -0.15) is 0 Å². The molecule has 4 heteroatoms. The van der Waals surface area contributed by atoms with Gasteiger partial charge >= 0.3 is 0 Å². The van der Waals surface area contributed by atoms with Gasteiger partial charge in [-0.3, -0.25) is 4.79 Å². The first-order chi connectivity index (χ1) is 7.83. The van der Waals surface area contributed by atoms with Gasteiger partial charge < -0.3 is 16.4 Å². The number of nitrogen functional groups attached to an aromatic ring is 1. The molecule has 0 saturated carbocycles. The van der Waals surface area contributed by atoms with Crippen molar-refractivity contribution >= 4 is 17.3 Å². The van der Waals surface area contributed by atoms with E-state index < -0.39 is 0 Å². The van der Waals surface area contributed by atoms with E-state index in [0.717, 1.165) is 12.2 Å². The average molecular weight is 235 g/mol. The Labute approximate surface area is 103 Å². The molecule has 1 aromatic rings. The zero-order valence-corrected chi connectivity index (χ0v) is 10.9. The molecule has 0 bridgehead atoms. The van der Waals surface area contributed by atoms with Gasteiger partial charge in [0.15, 0.2) is 0 Å². The van der Waals surface area contributed by atoms with E-state index in [4.69, 9.17) is 5.73 Å². The molecule has 1 amide bonds. The van der Waals surface area contributed by atoms with Gasteiger partial charge in [-0.15, -0.1) is 0 Å². The van der Waals surface area contributed by atoms with Gasteiger partial charge in [0.2, 0.25) is 0 Å². The van der Waals surface area contributed by atoms with Crippen LogP contribution in [0.4, 0.5) is 11.4 Å². The first-order valence-corrected chi connectivity index (χ1v) is 5.69. The number of nitrogens with two attached hydrogens (primary N) is 1. The molecule has 4 N–H and O–H groups in total. The quantitative estimate of drug-likeness (QED) is 0.703. The number of rotatable bonds is 3. The predicted molar refractivity (Wildman–Crippen MR) is 72.2 cm³/mol. The van der Waals surface area contributed by atoms with Crippen LogP contribution >= 0.6 is 0 Å². The minimum absolute atomic E-state index is 0.126. The standard InChI is InChI=1S/C13H21N3O/c1-13(2,3)8-16-11-6-5-9(7-10(11)14)12(17)15-4/h5-7,16H,8,14H2,1-4H3,(H,15,17). The molecule has 0 radical (unpaired) electrons. The number of nitrogens with one attached hydrogen (secondary N) is 2. The topological polar surface area (TPSA) is 67.2 Å². The Kier molecular flexibility index (Phi) is 3.99. The van der Waals surface area contributed by atoms with Crippen LogP contribution in [-0.4, -0.2) is 19.5 Å². The fourth-order valence-corrected chi connectivity index (χ4v) is 1.37. The Hall–Kier alpha value is -1.71. The lowest BCUT2D eigenvalue weighted by atomic mass is 9.97. The molecule has 0 spiro atoms. The van der Waals surface area contributed by atoms with E-state index >= 15 is 0 Å². The van der Waals surface area contributed by atoms with Crippen molar-refractivity contribution < 1.29 is 4.79 Å². The Morgan fingerprint density at radius 1 is 1.35 bits per heavy atom. The van der Waals surface area contributed by atoms with Crippen LogP contribution in [0.2, 0.25) is 0 Å². The third kappa shape index (κ3) is 3.98. The zero-order valence-electron chi connectivity index (χ0n) is 10.9. The van der Waals surface area contributed by atoms with Crippen molar-refractivity contribution in [3.8, 4) is 0 Å². The molecular weight excluding hydrogens is 214 g/mol. The summed E-state index contributed by atoms with van der Waals surface area (Å²) < 4.78 is 0. The fourth-order valence-electron chi connectivity index (χ4n) is 1.37. The lowest BCUT2D eigenvalue weighted by molar-refractivity contribution is 0.0963. The predicted octanol–water partition coefficient (Wildman–Crippen LogP) is 2.09. The molecule has 1 aromatic carbocycles. The molecule has 4 nitrogen and oxygen atoms in total. The molecule has 0 saturated heterocycles. The summed E-state index contributed by atoms with van der Waals surface area (Å²) in [6, 6.07) is 5.29. The molecule has 94 valence electrons. The maximum absolute atomic E-state index is 11.4. The minimum Gasteiger partial charge on any atom is -0.397 e. The first kappa shape index (κ1) is 13.4. The van der Waals surface area contributed by atoms with Gasteiger partial charge in [0, 0.05) is 19.2 Å². The maximum Gasteiger partial charge on any atom is 0.251 e. The van der Waals surface area contributed by atoms with Crippen LogP contribution in [-0.2, 0) is 0 Å². The highest BCUT2D eigenvalue weighted by Gasteiger charge is 2.11. The molecule has 0 atom stereocenters. The molecule has 0 fully saturated rings. The number of hydrogen-bond donors (Lipinski definition) is 3. The number of carbonyl (C=O) groups excluding carboxylic acids is 1. The Morgan fingerprint density at radius 2 is 2.00 bits per heavy atom. The molecule has 0 aromatic heterocycles.